The summed E-state index contributed by atoms with van der Waals surface area (Å²) < 4.78 is 158. The van der Waals surface area contributed by atoms with Crippen LogP contribution < -0.4 is 0 Å². The summed E-state index contributed by atoms with van der Waals surface area (Å²) in [5.41, 5.74) is 0. The van der Waals surface area contributed by atoms with Crippen LogP contribution in [-0.2, 0) is 10.1 Å². The van der Waals surface area contributed by atoms with E-state index in [9.17, 15) is 56.9 Å². The summed E-state index contributed by atoms with van der Waals surface area (Å²) in [5.74, 6) is -28.0. The highest BCUT2D eigenvalue weighted by Gasteiger charge is 2.87. The molecule has 0 aliphatic carbocycles. The Balaban J connectivity index is 0. The van der Waals surface area contributed by atoms with E-state index >= 15 is 0 Å². The van der Waals surface area contributed by atoms with Crippen LogP contribution in [0.2, 0.25) is 0 Å². The number of hydrogen-bond donors (Lipinski definition) is 0. The molecule has 0 aromatic rings. The van der Waals surface area contributed by atoms with Gasteiger partial charge in [-0.2, -0.15) is 43.9 Å². The van der Waals surface area contributed by atoms with Gasteiger partial charge in [0.15, 0.2) is 10.1 Å². The maximum absolute atomic E-state index is 12.8. The van der Waals surface area contributed by atoms with Crippen LogP contribution in [0.4, 0.5) is 43.9 Å². The molecule has 0 bridgehead atoms. The fourth-order valence-corrected chi connectivity index (χ4v) is 2.77. The Hall–Kier alpha value is -0.830. The molecule has 0 fully saturated rings. The van der Waals surface area contributed by atoms with Gasteiger partial charge in [0.25, 0.3) is 0 Å². The zero-order valence-electron chi connectivity index (χ0n) is 16.9. The van der Waals surface area contributed by atoms with Gasteiger partial charge >= 0.3 is 28.9 Å². The van der Waals surface area contributed by atoms with Crippen molar-refractivity contribution in [3.63, 3.8) is 0 Å². The SMILES string of the molecule is CCC(F)(F)C(F)(F)C(F)(F)C(F)(F)C(F)(F)S(=O)(=O)[O-].CC[N+](CC)(CC)CC. The van der Waals surface area contributed by atoms with Crippen molar-refractivity contribution in [2.75, 3.05) is 26.2 Å². The molecule has 0 spiro atoms. The Labute approximate surface area is 168 Å². The van der Waals surface area contributed by atoms with E-state index in [-0.39, 0.29) is 6.92 Å². The summed E-state index contributed by atoms with van der Waals surface area (Å²) in [6.07, 6.45) is -2.15. The summed E-state index contributed by atoms with van der Waals surface area (Å²) in [5, 5.41) is -7.24. The highest BCUT2D eigenvalue weighted by atomic mass is 32.2. The average molecular weight is 489 g/mol. The number of hydrogen-bond acceptors (Lipinski definition) is 3. The van der Waals surface area contributed by atoms with Crippen molar-refractivity contribution in [3.8, 4) is 0 Å². The Morgan fingerprint density at radius 2 is 0.933 bits per heavy atom. The van der Waals surface area contributed by atoms with E-state index in [2.05, 4.69) is 27.7 Å². The second-order valence-corrected chi connectivity index (χ2v) is 7.78. The van der Waals surface area contributed by atoms with Crippen molar-refractivity contribution < 1.29 is 61.4 Å². The zero-order valence-corrected chi connectivity index (χ0v) is 17.7. The smallest absolute Gasteiger partial charge is 0.402 e. The molecule has 0 saturated carbocycles. The van der Waals surface area contributed by atoms with Gasteiger partial charge in [0.1, 0.15) is 0 Å². The van der Waals surface area contributed by atoms with Crippen LogP contribution in [0.15, 0.2) is 0 Å². The monoisotopic (exact) mass is 489 g/mol. The van der Waals surface area contributed by atoms with Gasteiger partial charge in [0.05, 0.1) is 26.2 Å². The number of halogens is 10. The van der Waals surface area contributed by atoms with Gasteiger partial charge in [0.2, 0.25) is 0 Å². The van der Waals surface area contributed by atoms with Crippen LogP contribution in [0, 0.1) is 0 Å². The topological polar surface area (TPSA) is 57.2 Å². The number of quaternary nitrogens is 1. The zero-order chi connectivity index (χ0) is 25.0. The molecule has 0 atom stereocenters. The fraction of sp³-hybridized carbons (Fsp3) is 1.00. The molecule has 0 aromatic heterocycles. The van der Waals surface area contributed by atoms with E-state index in [0.717, 1.165) is 0 Å². The fourth-order valence-electron chi connectivity index (χ4n) is 2.33. The first kappa shape index (κ1) is 31.4. The molecule has 0 rings (SSSR count). The lowest BCUT2D eigenvalue weighted by atomic mass is 9.97. The lowest BCUT2D eigenvalue weighted by Gasteiger charge is -2.39. The molecule has 0 aliphatic heterocycles. The standard InChI is InChI=1S/C8H20N.C7H6F10O3S/c1-5-9(6-2,7-3)8-4;1-2-3(8,9)4(10,11)5(12,13)6(14,15)7(16,17)21(18,19)20/h5-8H2,1-4H3;2H2,1H3,(H,18,19,20)/q+1;/p-1. The minimum Gasteiger partial charge on any atom is -0.743 e. The van der Waals surface area contributed by atoms with Gasteiger partial charge < -0.3 is 9.04 Å². The normalized spacial score (nSPS) is 14.9. The molecular formula is C15H25F10NO3S. The van der Waals surface area contributed by atoms with Gasteiger partial charge in [-0.3, -0.25) is 0 Å². The minimum atomic E-state index is -7.58. The van der Waals surface area contributed by atoms with Crippen LogP contribution in [0.5, 0.6) is 0 Å². The largest absolute Gasteiger partial charge is 0.743 e. The number of rotatable bonds is 10. The predicted molar refractivity (Wildman–Crippen MR) is 87.1 cm³/mol. The summed E-state index contributed by atoms with van der Waals surface area (Å²) in [7, 11) is -7.55. The second-order valence-electron chi connectivity index (χ2n) is 6.36. The maximum atomic E-state index is 12.8. The molecule has 0 aliphatic rings. The van der Waals surface area contributed by atoms with Gasteiger partial charge in [-0.25, -0.2) is 8.42 Å². The van der Waals surface area contributed by atoms with Crippen LogP contribution in [0.25, 0.3) is 0 Å². The van der Waals surface area contributed by atoms with Crippen LogP contribution in [0.1, 0.15) is 41.0 Å². The summed E-state index contributed by atoms with van der Waals surface area (Å²) in [6.45, 7) is 14.4. The summed E-state index contributed by atoms with van der Waals surface area (Å²) in [4.78, 5) is 0. The van der Waals surface area contributed by atoms with E-state index in [1.54, 1.807) is 0 Å². The third kappa shape index (κ3) is 5.31. The predicted octanol–water partition coefficient (Wildman–Crippen LogP) is 4.96. The molecule has 0 radical (unpaired) electrons. The van der Waals surface area contributed by atoms with Crippen LogP contribution in [-0.4, -0.2) is 72.6 Å². The number of nitrogens with zero attached hydrogens (tertiary/aromatic N) is 1. The molecule has 0 amide bonds. The van der Waals surface area contributed by atoms with Crippen molar-refractivity contribution in [3.05, 3.63) is 0 Å². The van der Waals surface area contributed by atoms with E-state index in [4.69, 9.17) is 0 Å². The Kier molecular flexibility index (Phi) is 10.2. The molecule has 30 heavy (non-hydrogen) atoms. The maximum Gasteiger partial charge on any atom is 0.402 e. The second kappa shape index (κ2) is 9.76. The van der Waals surface area contributed by atoms with Crippen LogP contribution in [0.3, 0.4) is 0 Å². The minimum absolute atomic E-state index is 0.157. The molecule has 0 heterocycles. The van der Waals surface area contributed by atoms with Gasteiger partial charge in [-0.15, -0.1) is 0 Å². The molecule has 0 aromatic carbocycles. The average Bonchev–Trinajstić information content (AvgIpc) is 2.63. The van der Waals surface area contributed by atoms with Crippen molar-refractivity contribution in [1.29, 1.82) is 0 Å². The Morgan fingerprint density at radius 1 is 0.633 bits per heavy atom. The van der Waals surface area contributed by atoms with Crippen molar-refractivity contribution in [2.24, 2.45) is 0 Å². The molecule has 184 valence electrons. The Morgan fingerprint density at radius 3 is 1.10 bits per heavy atom. The third-order valence-corrected chi connectivity index (χ3v) is 5.94. The molecule has 0 saturated heterocycles. The van der Waals surface area contributed by atoms with Crippen molar-refractivity contribution in [2.45, 2.75) is 70.0 Å². The van der Waals surface area contributed by atoms with E-state index in [0.29, 0.717) is 0 Å². The first-order chi connectivity index (χ1) is 13.1. The highest BCUT2D eigenvalue weighted by Crippen LogP contribution is 2.58. The van der Waals surface area contributed by atoms with Crippen LogP contribution >= 0.6 is 0 Å². The van der Waals surface area contributed by atoms with Crippen molar-refractivity contribution in [1.82, 2.24) is 0 Å². The first-order valence-electron chi connectivity index (χ1n) is 8.75. The van der Waals surface area contributed by atoms with Crippen molar-refractivity contribution >= 4 is 10.1 Å². The van der Waals surface area contributed by atoms with E-state index < -0.39 is 45.5 Å². The molecule has 4 nitrogen and oxygen atoms in total. The molecule has 0 unspecified atom stereocenters. The van der Waals surface area contributed by atoms with E-state index in [1.165, 1.54) is 30.7 Å². The molecule has 15 heteroatoms. The summed E-state index contributed by atoms with van der Waals surface area (Å²) >= 11 is 0. The summed E-state index contributed by atoms with van der Waals surface area (Å²) in [6, 6.07) is 0. The molecular weight excluding hydrogens is 464 g/mol. The lowest BCUT2D eigenvalue weighted by molar-refractivity contribution is -0.921. The third-order valence-electron chi connectivity index (χ3n) is 5.05. The van der Waals surface area contributed by atoms with Gasteiger partial charge in [-0.1, -0.05) is 6.92 Å². The Bertz CT molecular complexity index is 632. The number of alkyl halides is 10. The van der Waals surface area contributed by atoms with Gasteiger partial charge in [0, 0.05) is 6.42 Å². The quantitative estimate of drug-likeness (QED) is 0.248. The van der Waals surface area contributed by atoms with Gasteiger partial charge in [-0.05, 0) is 27.7 Å². The lowest BCUT2D eigenvalue weighted by Crippen LogP contribution is -2.68. The highest BCUT2D eigenvalue weighted by molar-refractivity contribution is 7.86. The molecule has 0 N–H and O–H groups in total. The van der Waals surface area contributed by atoms with E-state index in [1.807, 2.05) is 0 Å². The first-order valence-corrected chi connectivity index (χ1v) is 10.2.